The predicted molar refractivity (Wildman–Crippen MR) is 138 cm³/mol. The maximum atomic E-state index is 12.5. The lowest BCUT2D eigenvalue weighted by molar-refractivity contribution is -0.121. The fraction of sp³-hybridized carbons (Fsp3) is 0.483. The van der Waals surface area contributed by atoms with Crippen LogP contribution in [0.5, 0.6) is 0 Å². The minimum absolute atomic E-state index is 0.158. The Balaban J connectivity index is 1.27. The fourth-order valence-corrected chi connectivity index (χ4v) is 5.14. The van der Waals surface area contributed by atoms with Gasteiger partial charge in [-0.2, -0.15) is 0 Å². The van der Waals surface area contributed by atoms with Gasteiger partial charge < -0.3 is 14.8 Å². The van der Waals surface area contributed by atoms with Gasteiger partial charge in [-0.15, -0.1) is 0 Å². The summed E-state index contributed by atoms with van der Waals surface area (Å²) < 4.78 is 2.31. The van der Waals surface area contributed by atoms with Crippen molar-refractivity contribution in [1.29, 1.82) is 0 Å². The van der Waals surface area contributed by atoms with E-state index < -0.39 is 0 Å². The van der Waals surface area contributed by atoms with Crippen molar-refractivity contribution in [3.8, 4) is 0 Å². The molecule has 1 aromatic heterocycles. The smallest absolute Gasteiger partial charge is 0.220 e. The van der Waals surface area contributed by atoms with E-state index in [1.807, 2.05) is 0 Å². The number of nitrogens with zero attached hydrogens (tertiary/aromatic N) is 2. The summed E-state index contributed by atoms with van der Waals surface area (Å²) in [6.07, 6.45) is 11.4. The van der Waals surface area contributed by atoms with Gasteiger partial charge in [-0.3, -0.25) is 4.79 Å². The molecule has 1 fully saturated rings. The maximum absolute atomic E-state index is 12.5. The quantitative estimate of drug-likeness (QED) is 0.406. The van der Waals surface area contributed by atoms with Crippen molar-refractivity contribution in [2.75, 3.05) is 20.1 Å². The summed E-state index contributed by atoms with van der Waals surface area (Å²) in [5.41, 5.74) is 5.07. The van der Waals surface area contributed by atoms with Gasteiger partial charge in [0.05, 0.1) is 0 Å². The SMILES string of the molecule is Cc1ccc(Cn2cc(CCC(=O)NCCCN(C)C3CCCCC3)c3ccccc32)cc1. The molecule has 1 aliphatic carbocycles. The molecule has 1 heterocycles. The lowest BCUT2D eigenvalue weighted by Crippen LogP contribution is -2.35. The summed E-state index contributed by atoms with van der Waals surface area (Å²) in [6.45, 7) is 4.80. The number of para-hydroxylation sites is 1. The van der Waals surface area contributed by atoms with Crippen LogP contribution in [0.1, 0.15) is 61.6 Å². The molecule has 0 atom stereocenters. The lowest BCUT2D eigenvalue weighted by atomic mass is 9.94. The minimum atomic E-state index is 0.158. The van der Waals surface area contributed by atoms with Crippen molar-refractivity contribution in [1.82, 2.24) is 14.8 Å². The zero-order chi connectivity index (χ0) is 23.0. The van der Waals surface area contributed by atoms with Gasteiger partial charge in [0.15, 0.2) is 0 Å². The van der Waals surface area contributed by atoms with Crippen LogP contribution in [-0.2, 0) is 17.8 Å². The van der Waals surface area contributed by atoms with Crippen LogP contribution in [0.25, 0.3) is 10.9 Å². The van der Waals surface area contributed by atoms with Gasteiger partial charge in [0.1, 0.15) is 0 Å². The second kappa shape index (κ2) is 11.5. The fourth-order valence-electron chi connectivity index (χ4n) is 5.14. The first-order valence-corrected chi connectivity index (χ1v) is 12.7. The summed E-state index contributed by atoms with van der Waals surface area (Å²) in [5.74, 6) is 0.158. The molecular weight excluding hydrogens is 406 g/mol. The molecule has 4 nitrogen and oxygen atoms in total. The summed E-state index contributed by atoms with van der Waals surface area (Å²) in [6, 6.07) is 18.0. The van der Waals surface area contributed by atoms with Crippen molar-refractivity contribution >= 4 is 16.8 Å². The molecule has 0 bridgehead atoms. The number of benzene rings is 2. The molecule has 4 rings (SSSR count). The van der Waals surface area contributed by atoms with Crippen LogP contribution < -0.4 is 5.32 Å². The maximum Gasteiger partial charge on any atom is 0.220 e. The highest BCUT2D eigenvalue weighted by Gasteiger charge is 2.17. The van der Waals surface area contributed by atoms with Crippen LogP contribution in [0.2, 0.25) is 0 Å². The van der Waals surface area contributed by atoms with E-state index in [-0.39, 0.29) is 5.91 Å². The van der Waals surface area contributed by atoms with E-state index in [0.29, 0.717) is 6.42 Å². The number of carbonyl (C=O) groups is 1. The summed E-state index contributed by atoms with van der Waals surface area (Å²) >= 11 is 0. The number of rotatable bonds is 10. The van der Waals surface area contributed by atoms with Gasteiger partial charge in [0.25, 0.3) is 0 Å². The number of aryl methyl sites for hydroxylation is 2. The third kappa shape index (κ3) is 6.48. The second-order valence-electron chi connectivity index (χ2n) is 9.76. The second-order valence-corrected chi connectivity index (χ2v) is 9.76. The molecule has 1 amide bonds. The van der Waals surface area contributed by atoms with E-state index in [1.165, 1.54) is 59.7 Å². The molecule has 1 N–H and O–H groups in total. The Kier molecular flexibility index (Phi) is 8.22. The van der Waals surface area contributed by atoms with Gasteiger partial charge in [0.2, 0.25) is 5.91 Å². The highest BCUT2D eigenvalue weighted by molar-refractivity contribution is 5.85. The van der Waals surface area contributed by atoms with Gasteiger partial charge in [0, 0.05) is 42.7 Å². The average Bonchev–Trinajstić information content (AvgIpc) is 3.20. The highest BCUT2D eigenvalue weighted by atomic mass is 16.1. The van der Waals surface area contributed by atoms with Crippen LogP contribution in [0.15, 0.2) is 54.7 Å². The first-order chi connectivity index (χ1) is 16.1. The van der Waals surface area contributed by atoms with Crippen LogP contribution >= 0.6 is 0 Å². The lowest BCUT2D eigenvalue weighted by Gasteiger charge is -2.31. The van der Waals surface area contributed by atoms with Crippen molar-refractivity contribution in [2.45, 2.75) is 70.9 Å². The molecule has 176 valence electrons. The molecule has 0 spiro atoms. The number of hydrogen-bond acceptors (Lipinski definition) is 2. The molecule has 4 heteroatoms. The van der Waals surface area contributed by atoms with E-state index in [9.17, 15) is 4.79 Å². The molecule has 3 aromatic rings. The largest absolute Gasteiger partial charge is 0.356 e. The molecule has 0 saturated heterocycles. The van der Waals surface area contributed by atoms with E-state index in [1.54, 1.807) is 0 Å². The van der Waals surface area contributed by atoms with Gasteiger partial charge in [-0.25, -0.2) is 0 Å². The Morgan fingerprint density at radius 3 is 2.61 bits per heavy atom. The Labute approximate surface area is 199 Å². The molecule has 0 radical (unpaired) electrons. The van der Waals surface area contributed by atoms with Gasteiger partial charge in [-0.1, -0.05) is 67.3 Å². The van der Waals surface area contributed by atoms with E-state index in [2.05, 4.69) is 83.5 Å². The summed E-state index contributed by atoms with van der Waals surface area (Å²) in [7, 11) is 2.24. The molecule has 2 aromatic carbocycles. The monoisotopic (exact) mass is 445 g/mol. The normalized spacial score (nSPS) is 14.8. The number of carbonyl (C=O) groups excluding carboxylic acids is 1. The Morgan fingerprint density at radius 2 is 1.82 bits per heavy atom. The molecule has 33 heavy (non-hydrogen) atoms. The van der Waals surface area contributed by atoms with E-state index >= 15 is 0 Å². The number of fused-ring (bicyclic) bond motifs is 1. The highest BCUT2D eigenvalue weighted by Crippen LogP contribution is 2.24. The summed E-state index contributed by atoms with van der Waals surface area (Å²) in [4.78, 5) is 15.0. The number of hydrogen-bond donors (Lipinski definition) is 1. The van der Waals surface area contributed by atoms with Gasteiger partial charge >= 0.3 is 0 Å². The zero-order valence-corrected chi connectivity index (χ0v) is 20.4. The Morgan fingerprint density at radius 1 is 1.06 bits per heavy atom. The van der Waals surface area contributed by atoms with Crippen molar-refractivity contribution in [2.24, 2.45) is 0 Å². The molecule has 1 saturated carbocycles. The summed E-state index contributed by atoms with van der Waals surface area (Å²) in [5, 5.41) is 4.39. The van der Waals surface area contributed by atoms with Crippen LogP contribution in [-0.4, -0.2) is 41.6 Å². The van der Waals surface area contributed by atoms with Crippen LogP contribution in [0, 0.1) is 6.92 Å². The van der Waals surface area contributed by atoms with Crippen molar-refractivity contribution < 1.29 is 4.79 Å². The average molecular weight is 446 g/mol. The van der Waals surface area contributed by atoms with Crippen LogP contribution in [0.3, 0.4) is 0 Å². The first-order valence-electron chi connectivity index (χ1n) is 12.7. The number of amides is 1. The molecule has 0 unspecified atom stereocenters. The standard InChI is InChI=1S/C29H39N3O/c1-23-13-15-24(16-14-23)21-32-22-25(27-11-6-7-12-28(27)32)17-18-29(33)30-19-8-20-31(2)26-9-4-3-5-10-26/h6-7,11-16,22,26H,3-5,8-10,17-21H2,1-2H3,(H,30,33). The van der Waals surface area contributed by atoms with E-state index in [0.717, 1.165) is 38.5 Å². The predicted octanol–water partition coefficient (Wildman–Crippen LogP) is 5.70. The Hall–Kier alpha value is -2.59. The third-order valence-electron chi connectivity index (χ3n) is 7.17. The van der Waals surface area contributed by atoms with Crippen molar-refractivity contribution in [3.05, 3.63) is 71.4 Å². The Bertz CT molecular complexity index is 1030. The topological polar surface area (TPSA) is 37.3 Å². The van der Waals surface area contributed by atoms with Crippen LogP contribution in [0.4, 0.5) is 0 Å². The molecule has 1 aliphatic rings. The van der Waals surface area contributed by atoms with E-state index in [4.69, 9.17) is 0 Å². The third-order valence-corrected chi connectivity index (χ3v) is 7.17. The molecule has 0 aliphatic heterocycles. The minimum Gasteiger partial charge on any atom is -0.356 e. The zero-order valence-electron chi connectivity index (χ0n) is 20.4. The van der Waals surface area contributed by atoms with Gasteiger partial charge in [-0.05, 0) is 63.4 Å². The number of nitrogens with one attached hydrogen (secondary N) is 1. The first kappa shape index (κ1) is 23.6. The van der Waals surface area contributed by atoms with Crippen molar-refractivity contribution in [3.63, 3.8) is 0 Å². The molecular formula is C29H39N3O. The number of aromatic nitrogens is 1.